The lowest BCUT2D eigenvalue weighted by Gasteiger charge is -2.20. The minimum Gasteiger partial charge on any atom is -0.356 e. The molecule has 2 N–H and O–H groups in total. The quantitative estimate of drug-likeness (QED) is 0.328. The van der Waals surface area contributed by atoms with Crippen LogP contribution in [-0.4, -0.2) is 59.9 Å². The van der Waals surface area contributed by atoms with E-state index in [1.54, 1.807) is 6.20 Å². The molecule has 3 rings (SSSR count). The van der Waals surface area contributed by atoms with E-state index >= 15 is 0 Å². The first-order chi connectivity index (χ1) is 12.8. The van der Waals surface area contributed by atoms with Gasteiger partial charge in [0.15, 0.2) is 5.96 Å². The highest BCUT2D eigenvalue weighted by molar-refractivity contribution is 14.0. The van der Waals surface area contributed by atoms with Gasteiger partial charge in [-0.25, -0.2) is 4.68 Å². The molecule has 0 amide bonds. The molecule has 0 radical (unpaired) electrons. The van der Waals surface area contributed by atoms with Crippen molar-refractivity contribution in [1.82, 2.24) is 25.3 Å². The third-order valence-corrected chi connectivity index (χ3v) is 4.80. The van der Waals surface area contributed by atoms with Crippen molar-refractivity contribution in [2.75, 3.05) is 33.2 Å². The largest absolute Gasteiger partial charge is 0.356 e. The molecule has 1 heterocycles. The average molecular weight is 482 g/mol. The van der Waals surface area contributed by atoms with Gasteiger partial charge in [0.05, 0.1) is 5.69 Å². The summed E-state index contributed by atoms with van der Waals surface area (Å²) in [5, 5.41) is 11.1. The second kappa shape index (κ2) is 11.3. The number of likely N-dealkylation sites (N-methyl/N-ethyl adjacent to an activating group) is 1. The second-order valence-electron chi connectivity index (χ2n) is 6.65. The number of aliphatic imine (C=N–C) groups is 1. The molecular weight excluding hydrogens is 451 g/mol. The van der Waals surface area contributed by atoms with Crippen LogP contribution in [0.3, 0.4) is 0 Å². The van der Waals surface area contributed by atoms with Gasteiger partial charge in [0.25, 0.3) is 0 Å². The van der Waals surface area contributed by atoms with E-state index < -0.39 is 0 Å². The predicted octanol–water partition coefficient (Wildman–Crippen LogP) is 2.68. The molecule has 27 heavy (non-hydrogen) atoms. The molecule has 0 unspecified atom stereocenters. The van der Waals surface area contributed by atoms with E-state index in [-0.39, 0.29) is 24.0 Å². The lowest BCUT2D eigenvalue weighted by atomic mass is 10.1. The summed E-state index contributed by atoms with van der Waals surface area (Å²) >= 11 is 0. The van der Waals surface area contributed by atoms with Gasteiger partial charge in [0.1, 0.15) is 0 Å². The lowest BCUT2D eigenvalue weighted by molar-refractivity contribution is 0.282. The third-order valence-electron chi connectivity index (χ3n) is 4.80. The summed E-state index contributed by atoms with van der Waals surface area (Å²) in [5.74, 6) is 0.880. The van der Waals surface area contributed by atoms with Gasteiger partial charge < -0.3 is 10.6 Å². The number of guanidine groups is 1. The molecule has 148 valence electrons. The fourth-order valence-corrected chi connectivity index (χ4v) is 3.14. The highest BCUT2D eigenvalue weighted by atomic mass is 127. The van der Waals surface area contributed by atoms with Crippen LogP contribution in [0.5, 0.6) is 0 Å². The smallest absolute Gasteiger partial charge is 0.191 e. The zero-order valence-electron chi connectivity index (χ0n) is 16.3. The summed E-state index contributed by atoms with van der Waals surface area (Å²) in [7, 11) is 1.83. The van der Waals surface area contributed by atoms with Crippen molar-refractivity contribution in [3.05, 3.63) is 48.3 Å². The van der Waals surface area contributed by atoms with E-state index in [9.17, 15) is 0 Å². The van der Waals surface area contributed by atoms with E-state index in [0.717, 1.165) is 50.3 Å². The van der Waals surface area contributed by atoms with Gasteiger partial charge in [0.2, 0.25) is 0 Å². The van der Waals surface area contributed by atoms with E-state index in [1.807, 2.05) is 24.0 Å². The average Bonchev–Trinajstić information content (AvgIpc) is 3.37. The highest BCUT2D eigenvalue weighted by Gasteiger charge is 2.27. The Hall–Kier alpha value is -1.61. The highest BCUT2D eigenvalue weighted by Crippen LogP contribution is 2.25. The standard InChI is InChI=1S/C20H30N6.HI/c1-3-25(18-9-10-18)16-14-23-20(21-2)22-13-11-17-5-7-19(8-6-17)26-15-4-12-24-26;/h4-8,12,15,18H,3,9-11,13-14,16H2,1-2H3,(H2,21,22,23);1H. The van der Waals surface area contributed by atoms with Crippen LogP contribution >= 0.6 is 24.0 Å². The summed E-state index contributed by atoms with van der Waals surface area (Å²) in [6.45, 7) is 6.25. The van der Waals surface area contributed by atoms with Gasteiger partial charge in [-0.3, -0.25) is 9.89 Å². The minimum atomic E-state index is 0. The Morgan fingerprint density at radius 3 is 2.56 bits per heavy atom. The second-order valence-corrected chi connectivity index (χ2v) is 6.65. The number of benzene rings is 1. The molecule has 2 aromatic rings. The Morgan fingerprint density at radius 1 is 1.22 bits per heavy atom. The van der Waals surface area contributed by atoms with E-state index in [1.165, 1.54) is 18.4 Å². The van der Waals surface area contributed by atoms with E-state index in [4.69, 9.17) is 0 Å². The summed E-state index contributed by atoms with van der Waals surface area (Å²) in [6, 6.07) is 11.3. The fourth-order valence-electron chi connectivity index (χ4n) is 3.14. The van der Waals surface area contributed by atoms with Crippen LogP contribution in [0.15, 0.2) is 47.7 Å². The van der Waals surface area contributed by atoms with Gasteiger partial charge in [-0.05, 0) is 49.6 Å². The maximum atomic E-state index is 4.31. The van der Waals surface area contributed by atoms with Crippen LogP contribution in [0.25, 0.3) is 5.69 Å². The molecule has 6 nitrogen and oxygen atoms in total. The molecule has 0 spiro atoms. The number of rotatable bonds is 9. The van der Waals surface area contributed by atoms with Crippen LogP contribution in [0, 0.1) is 0 Å². The van der Waals surface area contributed by atoms with Crippen molar-refractivity contribution in [3.8, 4) is 5.69 Å². The van der Waals surface area contributed by atoms with Crippen molar-refractivity contribution < 1.29 is 0 Å². The minimum absolute atomic E-state index is 0. The first-order valence-electron chi connectivity index (χ1n) is 9.57. The van der Waals surface area contributed by atoms with Crippen molar-refractivity contribution in [2.24, 2.45) is 4.99 Å². The van der Waals surface area contributed by atoms with Crippen LogP contribution in [0.1, 0.15) is 25.3 Å². The Morgan fingerprint density at radius 2 is 1.96 bits per heavy atom. The SMILES string of the molecule is CCN(CCNC(=NC)NCCc1ccc(-n2cccn2)cc1)C1CC1.I. The van der Waals surface area contributed by atoms with E-state index in [0.29, 0.717) is 0 Å². The number of aromatic nitrogens is 2. The number of nitrogens with zero attached hydrogens (tertiary/aromatic N) is 4. The summed E-state index contributed by atoms with van der Waals surface area (Å²) < 4.78 is 1.87. The molecule has 0 atom stereocenters. The van der Waals surface area contributed by atoms with Crippen molar-refractivity contribution >= 4 is 29.9 Å². The van der Waals surface area contributed by atoms with Crippen molar-refractivity contribution in [2.45, 2.75) is 32.2 Å². The van der Waals surface area contributed by atoms with Crippen LogP contribution < -0.4 is 10.6 Å². The molecule has 1 aromatic carbocycles. The lowest BCUT2D eigenvalue weighted by Crippen LogP contribution is -2.42. The topological polar surface area (TPSA) is 57.5 Å². The molecule has 1 aliphatic carbocycles. The van der Waals surface area contributed by atoms with Crippen LogP contribution in [0.4, 0.5) is 0 Å². The van der Waals surface area contributed by atoms with Crippen molar-refractivity contribution in [3.63, 3.8) is 0 Å². The number of hydrogen-bond donors (Lipinski definition) is 2. The first kappa shape index (κ1) is 21.7. The molecular formula is C20H31IN6. The monoisotopic (exact) mass is 482 g/mol. The number of nitrogens with one attached hydrogen (secondary N) is 2. The third kappa shape index (κ3) is 6.80. The molecule has 1 aliphatic rings. The molecule has 0 saturated heterocycles. The van der Waals surface area contributed by atoms with Crippen molar-refractivity contribution in [1.29, 1.82) is 0 Å². The van der Waals surface area contributed by atoms with Gasteiger partial charge >= 0.3 is 0 Å². The Labute approximate surface area is 179 Å². The summed E-state index contributed by atoms with van der Waals surface area (Å²) in [6.07, 6.45) is 7.43. The van der Waals surface area contributed by atoms with Gasteiger partial charge in [-0.2, -0.15) is 5.10 Å². The maximum Gasteiger partial charge on any atom is 0.191 e. The number of hydrogen-bond acceptors (Lipinski definition) is 3. The molecule has 1 fully saturated rings. The zero-order chi connectivity index (χ0) is 18.2. The van der Waals surface area contributed by atoms with Gasteiger partial charge in [-0.1, -0.05) is 19.1 Å². The molecule has 1 saturated carbocycles. The number of halogens is 1. The normalized spacial score (nSPS) is 14.1. The Kier molecular flexibility index (Phi) is 9.06. The zero-order valence-corrected chi connectivity index (χ0v) is 18.6. The summed E-state index contributed by atoms with van der Waals surface area (Å²) in [4.78, 5) is 6.86. The molecule has 7 heteroatoms. The van der Waals surface area contributed by atoms with Crippen LogP contribution in [0.2, 0.25) is 0 Å². The van der Waals surface area contributed by atoms with Gasteiger partial charge in [-0.15, -0.1) is 24.0 Å². The van der Waals surface area contributed by atoms with Gasteiger partial charge in [0, 0.05) is 45.1 Å². The Bertz CT molecular complexity index is 679. The maximum absolute atomic E-state index is 4.31. The first-order valence-corrected chi connectivity index (χ1v) is 9.57. The van der Waals surface area contributed by atoms with E-state index in [2.05, 4.69) is 56.8 Å². The molecule has 0 aliphatic heterocycles. The predicted molar refractivity (Wildman–Crippen MR) is 122 cm³/mol. The fraction of sp³-hybridized carbons (Fsp3) is 0.500. The van der Waals surface area contributed by atoms with Crippen LogP contribution in [-0.2, 0) is 6.42 Å². The summed E-state index contributed by atoms with van der Waals surface area (Å²) in [5.41, 5.74) is 2.38. The molecule has 0 bridgehead atoms. The Balaban J connectivity index is 0.00000261. The molecule has 1 aromatic heterocycles.